The van der Waals surface area contributed by atoms with Gasteiger partial charge < -0.3 is 15.3 Å². The van der Waals surface area contributed by atoms with Crippen LogP contribution in [0.5, 0.6) is 5.75 Å². The highest BCUT2D eigenvalue weighted by Gasteiger charge is 2.00. The Balaban J connectivity index is 2.58. The third-order valence-electron chi connectivity index (χ3n) is 1.37. The van der Waals surface area contributed by atoms with Gasteiger partial charge in [0.1, 0.15) is 12.0 Å². The van der Waals surface area contributed by atoms with Gasteiger partial charge in [-0.15, -0.1) is 0 Å². The lowest BCUT2D eigenvalue weighted by atomic mass is 10.4. The second-order valence-corrected chi connectivity index (χ2v) is 3.54. The molecule has 4 nitrogen and oxygen atoms in total. The van der Waals surface area contributed by atoms with Crippen LogP contribution in [0.4, 0.5) is 0 Å². The predicted molar refractivity (Wildman–Crippen MR) is 51.9 cm³/mol. The number of nitrogens with two attached hydrogens (primary N) is 1. The molecule has 3 N–H and O–H groups in total. The summed E-state index contributed by atoms with van der Waals surface area (Å²) in [6.45, 7) is 0.604. The minimum absolute atomic E-state index is 0.354. The van der Waals surface area contributed by atoms with Crippen LogP contribution in [0.2, 0.25) is 0 Å². The summed E-state index contributed by atoms with van der Waals surface area (Å²) in [7, 11) is 0. The molecular formula is C8H11NO3S. The van der Waals surface area contributed by atoms with Crippen LogP contribution in [-0.4, -0.2) is 17.4 Å². The summed E-state index contributed by atoms with van der Waals surface area (Å²) in [5.74, 6) is 1.63. The van der Waals surface area contributed by atoms with E-state index in [9.17, 15) is 4.79 Å². The molecule has 1 aromatic heterocycles. The maximum atomic E-state index is 10.9. The van der Waals surface area contributed by atoms with Crippen LogP contribution in [0.3, 0.4) is 0 Å². The Hall–Kier alpha value is -0.940. The summed E-state index contributed by atoms with van der Waals surface area (Å²) in [5, 5.41) is 8.88. The molecule has 0 aliphatic carbocycles. The van der Waals surface area contributed by atoms with Gasteiger partial charge in [0.2, 0.25) is 5.43 Å². The lowest BCUT2D eigenvalue weighted by Crippen LogP contribution is -2.03. The fraction of sp³-hybridized carbons (Fsp3) is 0.375. The summed E-state index contributed by atoms with van der Waals surface area (Å²) in [6.07, 6.45) is 1.06. The fourth-order valence-electron chi connectivity index (χ4n) is 0.776. The molecule has 0 unspecified atom stereocenters. The summed E-state index contributed by atoms with van der Waals surface area (Å²) < 4.78 is 4.97. The van der Waals surface area contributed by atoms with Gasteiger partial charge in [0, 0.05) is 18.4 Å². The van der Waals surface area contributed by atoms with Gasteiger partial charge in [-0.25, -0.2) is 0 Å². The molecule has 0 aromatic carbocycles. The van der Waals surface area contributed by atoms with Crippen molar-refractivity contribution in [1.82, 2.24) is 0 Å². The maximum absolute atomic E-state index is 10.9. The molecule has 1 heterocycles. The summed E-state index contributed by atoms with van der Waals surface area (Å²) in [4.78, 5) is 10.9. The average molecular weight is 201 g/mol. The predicted octanol–water partition coefficient (Wildman–Crippen LogP) is 0.537. The van der Waals surface area contributed by atoms with Gasteiger partial charge in [0.25, 0.3) is 0 Å². The summed E-state index contributed by atoms with van der Waals surface area (Å²) in [6, 6.07) is 1.29. The second kappa shape index (κ2) is 4.94. The third-order valence-corrected chi connectivity index (χ3v) is 2.39. The molecule has 0 aliphatic heterocycles. The molecule has 0 spiro atoms. The van der Waals surface area contributed by atoms with Gasteiger partial charge >= 0.3 is 0 Å². The Bertz CT molecular complexity index is 323. The highest BCUT2D eigenvalue weighted by Crippen LogP contribution is 2.11. The van der Waals surface area contributed by atoms with E-state index in [1.165, 1.54) is 6.07 Å². The Morgan fingerprint density at radius 2 is 2.38 bits per heavy atom. The number of aromatic hydroxyl groups is 1. The van der Waals surface area contributed by atoms with E-state index < -0.39 is 5.43 Å². The first-order chi connectivity index (χ1) is 6.24. The minimum Gasteiger partial charge on any atom is -0.502 e. The van der Waals surface area contributed by atoms with E-state index in [4.69, 9.17) is 15.3 Å². The Morgan fingerprint density at radius 1 is 1.62 bits per heavy atom. The van der Waals surface area contributed by atoms with Gasteiger partial charge in [-0.3, -0.25) is 4.79 Å². The van der Waals surface area contributed by atoms with Gasteiger partial charge in [0.05, 0.1) is 5.75 Å². The summed E-state index contributed by atoms with van der Waals surface area (Å²) in [5.41, 5.74) is 4.89. The SMILES string of the molecule is NCCSCc1cc(=O)c(O)co1. The van der Waals surface area contributed by atoms with Crippen LogP contribution in [0.1, 0.15) is 5.76 Å². The Labute approximate surface area is 79.7 Å². The van der Waals surface area contributed by atoms with Crippen molar-refractivity contribution in [2.24, 2.45) is 5.73 Å². The molecule has 13 heavy (non-hydrogen) atoms. The first kappa shape index (κ1) is 10.1. The maximum Gasteiger partial charge on any atom is 0.226 e. The zero-order chi connectivity index (χ0) is 9.68. The van der Waals surface area contributed by atoms with Crippen molar-refractivity contribution in [2.45, 2.75) is 5.75 Å². The zero-order valence-corrected chi connectivity index (χ0v) is 7.84. The van der Waals surface area contributed by atoms with Crippen molar-refractivity contribution in [2.75, 3.05) is 12.3 Å². The normalized spacial score (nSPS) is 10.2. The first-order valence-corrected chi connectivity index (χ1v) is 4.98. The van der Waals surface area contributed by atoms with E-state index in [0.29, 0.717) is 18.1 Å². The largest absolute Gasteiger partial charge is 0.502 e. The smallest absolute Gasteiger partial charge is 0.226 e. The molecule has 0 atom stereocenters. The van der Waals surface area contributed by atoms with Crippen LogP contribution in [0.25, 0.3) is 0 Å². The molecular weight excluding hydrogens is 190 g/mol. The Morgan fingerprint density at radius 3 is 3.00 bits per heavy atom. The molecule has 0 radical (unpaired) electrons. The van der Waals surface area contributed by atoms with Crippen LogP contribution in [0, 0.1) is 0 Å². The highest BCUT2D eigenvalue weighted by atomic mass is 32.2. The van der Waals surface area contributed by atoms with Crippen molar-refractivity contribution in [1.29, 1.82) is 0 Å². The standard InChI is InChI=1S/C8H11NO3S/c9-1-2-13-5-6-3-7(10)8(11)4-12-6/h3-4,11H,1-2,5,9H2. The molecule has 0 bridgehead atoms. The fourth-order valence-corrected chi connectivity index (χ4v) is 1.44. The van der Waals surface area contributed by atoms with Crippen LogP contribution in [0.15, 0.2) is 21.5 Å². The molecule has 0 saturated heterocycles. The van der Waals surface area contributed by atoms with Gasteiger partial charge in [-0.1, -0.05) is 0 Å². The topological polar surface area (TPSA) is 76.5 Å². The second-order valence-electron chi connectivity index (χ2n) is 2.44. The zero-order valence-electron chi connectivity index (χ0n) is 7.03. The molecule has 0 amide bonds. The highest BCUT2D eigenvalue weighted by molar-refractivity contribution is 7.98. The lowest BCUT2D eigenvalue weighted by Gasteiger charge is -1.98. The minimum atomic E-state index is -0.408. The molecule has 0 aliphatic rings. The van der Waals surface area contributed by atoms with E-state index in [2.05, 4.69) is 0 Å². The van der Waals surface area contributed by atoms with E-state index in [1.54, 1.807) is 11.8 Å². The van der Waals surface area contributed by atoms with Crippen LogP contribution >= 0.6 is 11.8 Å². The third kappa shape index (κ3) is 3.12. The number of rotatable bonds is 4. The quantitative estimate of drug-likeness (QED) is 0.695. The van der Waals surface area contributed by atoms with E-state index in [1.807, 2.05) is 0 Å². The number of hydrogen-bond acceptors (Lipinski definition) is 5. The van der Waals surface area contributed by atoms with E-state index in [0.717, 1.165) is 12.0 Å². The molecule has 5 heteroatoms. The van der Waals surface area contributed by atoms with E-state index in [-0.39, 0.29) is 5.75 Å². The molecule has 0 fully saturated rings. The van der Waals surface area contributed by atoms with Crippen molar-refractivity contribution in [3.63, 3.8) is 0 Å². The monoisotopic (exact) mass is 201 g/mol. The average Bonchev–Trinajstić information content (AvgIpc) is 2.12. The van der Waals surface area contributed by atoms with Crippen molar-refractivity contribution >= 4 is 11.8 Å². The van der Waals surface area contributed by atoms with Crippen molar-refractivity contribution in [3.05, 3.63) is 28.3 Å². The summed E-state index contributed by atoms with van der Waals surface area (Å²) >= 11 is 1.58. The van der Waals surface area contributed by atoms with Gasteiger partial charge in [-0.2, -0.15) is 11.8 Å². The van der Waals surface area contributed by atoms with Crippen LogP contribution < -0.4 is 11.2 Å². The molecule has 0 saturated carbocycles. The molecule has 72 valence electrons. The lowest BCUT2D eigenvalue weighted by molar-refractivity contribution is 0.419. The van der Waals surface area contributed by atoms with Crippen LogP contribution in [-0.2, 0) is 5.75 Å². The number of hydrogen-bond donors (Lipinski definition) is 2. The van der Waals surface area contributed by atoms with E-state index >= 15 is 0 Å². The molecule has 1 rings (SSSR count). The number of thioether (sulfide) groups is 1. The first-order valence-electron chi connectivity index (χ1n) is 3.82. The Kier molecular flexibility index (Phi) is 3.85. The van der Waals surface area contributed by atoms with Crippen molar-refractivity contribution in [3.8, 4) is 5.75 Å². The van der Waals surface area contributed by atoms with Gasteiger partial charge in [-0.05, 0) is 0 Å². The van der Waals surface area contributed by atoms with Crippen molar-refractivity contribution < 1.29 is 9.52 Å². The van der Waals surface area contributed by atoms with Gasteiger partial charge in [0.15, 0.2) is 5.75 Å². The molecule has 1 aromatic rings.